The first kappa shape index (κ1) is 18.2. The Morgan fingerprint density at radius 3 is 2.67 bits per heavy atom. The van der Waals surface area contributed by atoms with Crippen molar-refractivity contribution in [1.29, 1.82) is 0 Å². The molecule has 1 aromatic heterocycles. The van der Waals surface area contributed by atoms with Crippen molar-refractivity contribution in [3.8, 4) is 5.75 Å². The average molecular weight is 458 g/mol. The molecule has 24 heavy (non-hydrogen) atoms. The normalized spacial score (nSPS) is 19.7. The molecule has 0 spiro atoms. The first-order chi connectivity index (χ1) is 11.2. The van der Waals surface area contributed by atoms with Crippen LogP contribution in [0.15, 0.2) is 18.2 Å². The molecule has 132 valence electrons. The van der Waals surface area contributed by atoms with Crippen LogP contribution in [0.2, 0.25) is 18.1 Å². The summed E-state index contributed by atoms with van der Waals surface area (Å²) in [7, 11) is -1.83. The summed E-state index contributed by atoms with van der Waals surface area (Å²) < 4.78 is 15.4. The molecule has 6 heteroatoms. The summed E-state index contributed by atoms with van der Waals surface area (Å²) in [4.78, 5) is 0. The van der Waals surface area contributed by atoms with Crippen molar-refractivity contribution in [2.45, 2.75) is 64.4 Å². The molecule has 1 atom stereocenters. The molecule has 1 fully saturated rings. The predicted octanol–water partition coefficient (Wildman–Crippen LogP) is 5.72. The highest BCUT2D eigenvalue weighted by atomic mass is 127. The van der Waals surface area contributed by atoms with E-state index in [0.717, 1.165) is 39.8 Å². The van der Waals surface area contributed by atoms with Crippen LogP contribution in [0.25, 0.3) is 10.9 Å². The van der Waals surface area contributed by atoms with E-state index in [-0.39, 0.29) is 11.3 Å². The van der Waals surface area contributed by atoms with E-state index in [4.69, 9.17) is 14.3 Å². The SMILES string of the molecule is CC(C)(C)[Si](C)(C)Oc1ccc2c(c1)c(I)nn2[C@@H]1CCCCO1. The highest BCUT2D eigenvalue weighted by molar-refractivity contribution is 14.1. The minimum Gasteiger partial charge on any atom is -0.543 e. The monoisotopic (exact) mass is 458 g/mol. The number of rotatable bonds is 3. The van der Waals surface area contributed by atoms with Gasteiger partial charge in [-0.15, -0.1) is 0 Å². The third-order valence-electron chi connectivity index (χ3n) is 5.24. The molecule has 0 N–H and O–H groups in total. The van der Waals surface area contributed by atoms with Crippen LogP contribution in [0, 0.1) is 3.70 Å². The Bertz CT molecular complexity index is 730. The van der Waals surface area contributed by atoms with Crippen LogP contribution in [0.3, 0.4) is 0 Å². The minimum atomic E-state index is -1.83. The highest BCUT2D eigenvalue weighted by Crippen LogP contribution is 2.38. The van der Waals surface area contributed by atoms with Crippen molar-refractivity contribution in [1.82, 2.24) is 9.78 Å². The maximum absolute atomic E-state index is 6.45. The molecule has 1 saturated heterocycles. The standard InChI is InChI=1S/C18H27IN2O2Si/c1-18(2,3)24(4,5)23-13-9-10-15-14(12-13)17(19)20-21(15)16-8-6-7-11-22-16/h9-10,12,16H,6-8,11H2,1-5H3/t16-/m0/s1. The quantitative estimate of drug-likeness (QED) is 0.436. The number of hydrogen-bond donors (Lipinski definition) is 0. The van der Waals surface area contributed by atoms with E-state index in [0.29, 0.717) is 0 Å². The van der Waals surface area contributed by atoms with E-state index in [2.05, 4.69) is 74.7 Å². The molecule has 0 saturated carbocycles. The van der Waals surface area contributed by atoms with Gasteiger partial charge in [0, 0.05) is 12.0 Å². The van der Waals surface area contributed by atoms with Crippen molar-refractivity contribution >= 4 is 41.8 Å². The largest absolute Gasteiger partial charge is 0.543 e. The molecule has 1 aromatic carbocycles. The Labute approximate surface area is 159 Å². The Morgan fingerprint density at radius 2 is 2.04 bits per heavy atom. The molecule has 0 amide bonds. The van der Waals surface area contributed by atoms with Crippen molar-refractivity contribution in [3.63, 3.8) is 0 Å². The second-order valence-electron chi connectivity index (χ2n) is 8.10. The summed E-state index contributed by atoms with van der Waals surface area (Å²) in [6, 6.07) is 6.36. The third-order valence-corrected chi connectivity index (χ3v) is 10.4. The lowest BCUT2D eigenvalue weighted by atomic mass is 10.2. The van der Waals surface area contributed by atoms with Crippen LogP contribution in [0.5, 0.6) is 5.75 Å². The van der Waals surface area contributed by atoms with Crippen molar-refractivity contribution in [3.05, 3.63) is 21.9 Å². The molecule has 0 radical (unpaired) electrons. The van der Waals surface area contributed by atoms with Gasteiger partial charge in [0.05, 0.1) is 5.52 Å². The molecule has 0 bridgehead atoms. The third kappa shape index (κ3) is 3.50. The van der Waals surface area contributed by atoms with Gasteiger partial charge in [-0.1, -0.05) is 20.8 Å². The number of ether oxygens (including phenoxy) is 1. The molecule has 2 heterocycles. The lowest BCUT2D eigenvalue weighted by Gasteiger charge is -2.36. The minimum absolute atomic E-state index is 0.0666. The Kier molecular flexibility index (Phi) is 5.01. The van der Waals surface area contributed by atoms with Crippen LogP contribution in [0.4, 0.5) is 0 Å². The van der Waals surface area contributed by atoms with E-state index >= 15 is 0 Å². The molecule has 1 aliphatic rings. The number of aromatic nitrogens is 2. The van der Waals surface area contributed by atoms with Crippen molar-refractivity contribution < 1.29 is 9.16 Å². The van der Waals surface area contributed by atoms with Crippen LogP contribution in [0.1, 0.15) is 46.3 Å². The number of benzene rings is 1. The van der Waals surface area contributed by atoms with Crippen LogP contribution < -0.4 is 4.43 Å². The van der Waals surface area contributed by atoms with E-state index in [1.165, 1.54) is 6.42 Å². The van der Waals surface area contributed by atoms with E-state index in [1.807, 2.05) is 4.68 Å². The van der Waals surface area contributed by atoms with E-state index in [1.54, 1.807) is 0 Å². The predicted molar refractivity (Wildman–Crippen MR) is 109 cm³/mol. The summed E-state index contributed by atoms with van der Waals surface area (Å²) in [5.74, 6) is 0.955. The molecule has 1 aliphatic heterocycles. The first-order valence-electron chi connectivity index (χ1n) is 8.67. The highest BCUT2D eigenvalue weighted by Gasteiger charge is 2.39. The van der Waals surface area contributed by atoms with Crippen LogP contribution >= 0.6 is 22.6 Å². The second-order valence-corrected chi connectivity index (χ2v) is 13.8. The van der Waals surface area contributed by atoms with Gasteiger partial charge in [0.2, 0.25) is 8.32 Å². The Balaban J connectivity index is 1.93. The number of halogens is 1. The zero-order valence-electron chi connectivity index (χ0n) is 15.2. The maximum Gasteiger partial charge on any atom is 0.250 e. The second kappa shape index (κ2) is 6.61. The van der Waals surface area contributed by atoms with Gasteiger partial charge in [-0.3, -0.25) is 0 Å². The first-order valence-corrected chi connectivity index (χ1v) is 12.7. The van der Waals surface area contributed by atoms with Gasteiger partial charge in [0.15, 0.2) is 6.23 Å². The lowest BCUT2D eigenvalue weighted by molar-refractivity contribution is -0.0368. The van der Waals surface area contributed by atoms with E-state index in [9.17, 15) is 0 Å². The van der Waals surface area contributed by atoms with Gasteiger partial charge in [-0.25, -0.2) is 4.68 Å². The number of fused-ring (bicyclic) bond motifs is 1. The topological polar surface area (TPSA) is 36.3 Å². The summed E-state index contributed by atoms with van der Waals surface area (Å²) in [6.07, 6.45) is 3.46. The zero-order valence-corrected chi connectivity index (χ0v) is 18.4. The van der Waals surface area contributed by atoms with Crippen LogP contribution in [-0.4, -0.2) is 24.7 Å². The molecule has 0 aliphatic carbocycles. The number of nitrogens with zero attached hydrogens (tertiary/aromatic N) is 2. The fraction of sp³-hybridized carbons (Fsp3) is 0.611. The molecular formula is C18H27IN2O2Si. The van der Waals surface area contributed by atoms with Crippen LogP contribution in [-0.2, 0) is 4.74 Å². The molecule has 3 rings (SSSR count). The van der Waals surface area contributed by atoms with Gasteiger partial charge >= 0.3 is 0 Å². The van der Waals surface area contributed by atoms with Gasteiger partial charge in [-0.2, -0.15) is 5.10 Å². The van der Waals surface area contributed by atoms with Gasteiger partial charge < -0.3 is 9.16 Å². The van der Waals surface area contributed by atoms with Gasteiger partial charge in [-0.05, 0) is 78.2 Å². The lowest BCUT2D eigenvalue weighted by Crippen LogP contribution is -2.43. The summed E-state index contributed by atoms with van der Waals surface area (Å²) in [6.45, 7) is 12.2. The average Bonchev–Trinajstić information content (AvgIpc) is 2.83. The van der Waals surface area contributed by atoms with Crippen molar-refractivity contribution in [2.75, 3.05) is 6.61 Å². The van der Waals surface area contributed by atoms with Crippen molar-refractivity contribution in [2.24, 2.45) is 0 Å². The molecule has 2 aromatic rings. The fourth-order valence-corrected chi connectivity index (χ4v) is 4.42. The molecular weight excluding hydrogens is 431 g/mol. The van der Waals surface area contributed by atoms with E-state index < -0.39 is 8.32 Å². The molecule has 0 unspecified atom stereocenters. The van der Waals surface area contributed by atoms with Gasteiger partial charge in [0.1, 0.15) is 9.45 Å². The maximum atomic E-state index is 6.45. The van der Waals surface area contributed by atoms with Gasteiger partial charge in [0.25, 0.3) is 0 Å². The fourth-order valence-electron chi connectivity index (χ4n) is 2.73. The Hall–Kier alpha value is -0.603. The summed E-state index contributed by atoms with van der Waals surface area (Å²) in [5, 5.41) is 6.08. The smallest absolute Gasteiger partial charge is 0.250 e. The molecule has 4 nitrogen and oxygen atoms in total. The summed E-state index contributed by atoms with van der Waals surface area (Å²) >= 11 is 2.31. The zero-order chi connectivity index (χ0) is 17.5. The summed E-state index contributed by atoms with van der Waals surface area (Å²) in [5.41, 5.74) is 1.13. The number of hydrogen-bond acceptors (Lipinski definition) is 3. The Morgan fingerprint density at radius 1 is 1.29 bits per heavy atom.